The first-order valence-corrected chi connectivity index (χ1v) is 9.57. The molecular formula is C22H27N3O2. The summed E-state index contributed by atoms with van der Waals surface area (Å²) in [6.07, 6.45) is 2.88. The van der Waals surface area contributed by atoms with Gasteiger partial charge in [0.1, 0.15) is 5.82 Å². The van der Waals surface area contributed by atoms with E-state index in [0.717, 1.165) is 47.4 Å². The number of hydrogen-bond acceptors (Lipinski definition) is 3. The molecule has 0 radical (unpaired) electrons. The van der Waals surface area contributed by atoms with Crippen LogP contribution in [0.2, 0.25) is 0 Å². The third kappa shape index (κ3) is 4.30. The van der Waals surface area contributed by atoms with Gasteiger partial charge in [0.25, 0.3) is 0 Å². The van der Waals surface area contributed by atoms with Gasteiger partial charge in [-0.1, -0.05) is 43.7 Å². The minimum absolute atomic E-state index is 0.339. The van der Waals surface area contributed by atoms with Crippen molar-refractivity contribution in [3.05, 3.63) is 59.9 Å². The van der Waals surface area contributed by atoms with Crippen LogP contribution in [0.3, 0.4) is 0 Å². The maximum atomic E-state index is 12.6. The monoisotopic (exact) mass is 365 g/mol. The van der Waals surface area contributed by atoms with Crippen molar-refractivity contribution in [1.29, 1.82) is 0 Å². The number of aryl methyl sites for hydroxylation is 2. The quantitative estimate of drug-likeness (QED) is 0.587. The minimum Gasteiger partial charge on any atom is -0.449 e. The van der Waals surface area contributed by atoms with Crippen molar-refractivity contribution in [2.45, 2.75) is 39.7 Å². The van der Waals surface area contributed by atoms with Gasteiger partial charge in [0, 0.05) is 19.2 Å². The van der Waals surface area contributed by atoms with E-state index in [4.69, 9.17) is 9.72 Å². The van der Waals surface area contributed by atoms with Crippen LogP contribution in [0.4, 0.5) is 10.5 Å². The number of carbonyl (C=O) groups is 1. The van der Waals surface area contributed by atoms with Crippen LogP contribution < -0.4 is 4.90 Å². The zero-order valence-electron chi connectivity index (χ0n) is 16.3. The van der Waals surface area contributed by atoms with Gasteiger partial charge in [-0.05, 0) is 37.1 Å². The lowest BCUT2D eigenvalue weighted by molar-refractivity contribution is 0.159. The first-order chi connectivity index (χ1) is 13.1. The molecule has 3 rings (SSSR count). The van der Waals surface area contributed by atoms with E-state index >= 15 is 0 Å². The number of benzene rings is 2. The highest BCUT2D eigenvalue weighted by atomic mass is 16.6. The zero-order valence-corrected chi connectivity index (χ0v) is 16.3. The number of unbranched alkanes of at least 4 members (excludes halogenated alkanes) is 1. The average Bonchev–Trinajstić information content (AvgIpc) is 3.00. The number of ether oxygens (including phenoxy) is 1. The van der Waals surface area contributed by atoms with Crippen LogP contribution in [-0.4, -0.2) is 22.3 Å². The molecule has 142 valence electrons. The topological polar surface area (TPSA) is 47.4 Å². The number of nitrogens with zero attached hydrogens (tertiary/aromatic N) is 3. The maximum Gasteiger partial charge on any atom is 0.414 e. The molecule has 0 aliphatic carbocycles. The Kier molecular flexibility index (Phi) is 6.12. The fraction of sp³-hybridized carbons (Fsp3) is 0.364. The number of rotatable bonds is 7. The summed E-state index contributed by atoms with van der Waals surface area (Å²) in [5, 5.41) is 0. The van der Waals surface area contributed by atoms with Gasteiger partial charge in [0.2, 0.25) is 0 Å². The number of amides is 1. The summed E-state index contributed by atoms with van der Waals surface area (Å²) in [5.41, 5.74) is 3.85. The molecule has 1 aromatic heterocycles. The molecule has 0 saturated heterocycles. The van der Waals surface area contributed by atoms with E-state index in [1.165, 1.54) is 0 Å². The fourth-order valence-corrected chi connectivity index (χ4v) is 3.18. The van der Waals surface area contributed by atoms with Gasteiger partial charge in [-0.3, -0.25) is 4.90 Å². The summed E-state index contributed by atoms with van der Waals surface area (Å²) in [7, 11) is 2.04. The predicted octanol–water partition coefficient (Wildman–Crippen LogP) is 5.08. The summed E-state index contributed by atoms with van der Waals surface area (Å²) in [6, 6.07) is 15.9. The number of imidazole rings is 1. The Morgan fingerprint density at radius 3 is 2.63 bits per heavy atom. The van der Waals surface area contributed by atoms with Crippen molar-refractivity contribution >= 4 is 22.8 Å². The zero-order chi connectivity index (χ0) is 19.2. The Morgan fingerprint density at radius 2 is 1.93 bits per heavy atom. The van der Waals surface area contributed by atoms with Gasteiger partial charge in [-0.15, -0.1) is 0 Å². The van der Waals surface area contributed by atoms with Crippen LogP contribution in [0.5, 0.6) is 0 Å². The smallest absolute Gasteiger partial charge is 0.414 e. The molecule has 0 aliphatic heterocycles. The predicted molar refractivity (Wildman–Crippen MR) is 109 cm³/mol. The first-order valence-electron chi connectivity index (χ1n) is 9.57. The van der Waals surface area contributed by atoms with Crippen LogP contribution in [0.1, 0.15) is 38.1 Å². The third-order valence-corrected chi connectivity index (χ3v) is 4.69. The summed E-state index contributed by atoms with van der Waals surface area (Å²) < 4.78 is 7.42. The normalized spacial score (nSPS) is 10.9. The summed E-state index contributed by atoms with van der Waals surface area (Å²) in [6.45, 7) is 4.81. The fourth-order valence-electron chi connectivity index (χ4n) is 3.18. The van der Waals surface area contributed by atoms with Crippen LogP contribution in [-0.2, 0) is 24.8 Å². The second kappa shape index (κ2) is 8.71. The highest BCUT2D eigenvalue weighted by Crippen LogP contribution is 2.25. The van der Waals surface area contributed by atoms with Gasteiger partial charge >= 0.3 is 6.09 Å². The summed E-state index contributed by atoms with van der Waals surface area (Å²) in [4.78, 5) is 19.0. The minimum atomic E-state index is -0.339. The number of carbonyl (C=O) groups excluding carboxylic acids is 1. The molecule has 2 aromatic carbocycles. The molecule has 3 aromatic rings. The highest BCUT2D eigenvalue weighted by molar-refractivity contribution is 5.91. The Hall–Kier alpha value is -2.82. The number of fused-ring (bicyclic) bond motifs is 1. The molecule has 0 aliphatic rings. The highest BCUT2D eigenvalue weighted by Gasteiger charge is 2.19. The molecule has 0 spiro atoms. The molecule has 5 nitrogen and oxygen atoms in total. The number of anilines is 1. The lowest BCUT2D eigenvalue weighted by Crippen LogP contribution is -2.31. The molecule has 0 bridgehead atoms. The van der Waals surface area contributed by atoms with Crippen molar-refractivity contribution in [2.75, 3.05) is 11.5 Å². The Morgan fingerprint density at radius 1 is 1.15 bits per heavy atom. The summed E-state index contributed by atoms with van der Waals surface area (Å²) >= 11 is 0. The Labute approximate surface area is 160 Å². The van der Waals surface area contributed by atoms with Gasteiger partial charge in [0.05, 0.1) is 24.2 Å². The summed E-state index contributed by atoms with van der Waals surface area (Å²) in [5.74, 6) is 1.08. The third-order valence-electron chi connectivity index (χ3n) is 4.69. The Bertz CT molecular complexity index is 903. The molecule has 5 heteroatoms. The van der Waals surface area contributed by atoms with Crippen LogP contribution in [0.25, 0.3) is 11.0 Å². The van der Waals surface area contributed by atoms with Gasteiger partial charge in [-0.2, -0.15) is 0 Å². The number of aromatic nitrogens is 2. The second-order valence-electron chi connectivity index (χ2n) is 6.63. The van der Waals surface area contributed by atoms with Gasteiger partial charge in [-0.25, -0.2) is 9.78 Å². The molecule has 1 heterocycles. The molecule has 0 N–H and O–H groups in total. The second-order valence-corrected chi connectivity index (χ2v) is 6.63. The van der Waals surface area contributed by atoms with Crippen molar-refractivity contribution < 1.29 is 9.53 Å². The van der Waals surface area contributed by atoms with Crippen LogP contribution in [0, 0.1) is 0 Å². The van der Waals surface area contributed by atoms with Crippen molar-refractivity contribution in [1.82, 2.24) is 9.55 Å². The molecule has 0 fully saturated rings. The maximum absolute atomic E-state index is 12.6. The van der Waals surface area contributed by atoms with Gasteiger partial charge < -0.3 is 9.30 Å². The van der Waals surface area contributed by atoms with E-state index in [1.54, 1.807) is 4.90 Å². The molecule has 0 unspecified atom stereocenters. The lowest BCUT2D eigenvalue weighted by Gasteiger charge is -2.22. The average molecular weight is 365 g/mol. The van der Waals surface area contributed by atoms with Crippen LogP contribution >= 0.6 is 0 Å². The molecule has 0 atom stereocenters. The van der Waals surface area contributed by atoms with E-state index in [0.29, 0.717) is 13.2 Å². The standard InChI is InChI=1S/C22H27N3O2/c1-4-6-12-21-23-19-14-13-18(15-20(19)24(21)3)25(22(26)27-5-2)16-17-10-8-7-9-11-17/h7-11,13-15H,4-6,12,16H2,1-3H3. The lowest BCUT2D eigenvalue weighted by atomic mass is 10.2. The van der Waals surface area contributed by atoms with E-state index in [9.17, 15) is 4.79 Å². The Balaban J connectivity index is 1.96. The first kappa shape index (κ1) is 19.0. The van der Waals surface area contributed by atoms with Crippen LogP contribution in [0.15, 0.2) is 48.5 Å². The van der Waals surface area contributed by atoms with E-state index in [1.807, 2.05) is 62.5 Å². The molecule has 27 heavy (non-hydrogen) atoms. The van der Waals surface area contributed by atoms with Crippen molar-refractivity contribution in [3.8, 4) is 0 Å². The van der Waals surface area contributed by atoms with E-state index in [2.05, 4.69) is 11.5 Å². The van der Waals surface area contributed by atoms with Gasteiger partial charge in [0.15, 0.2) is 0 Å². The van der Waals surface area contributed by atoms with Crippen molar-refractivity contribution in [3.63, 3.8) is 0 Å². The molecule has 1 amide bonds. The van der Waals surface area contributed by atoms with Crippen molar-refractivity contribution in [2.24, 2.45) is 7.05 Å². The molecule has 0 saturated carbocycles. The number of hydrogen-bond donors (Lipinski definition) is 0. The van der Waals surface area contributed by atoms with E-state index < -0.39 is 0 Å². The SMILES string of the molecule is CCCCc1nc2ccc(N(Cc3ccccc3)C(=O)OCC)cc2n1C. The molecular weight excluding hydrogens is 338 g/mol. The largest absolute Gasteiger partial charge is 0.449 e. The van der Waals surface area contributed by atoms with E-state index in [-0.39, 0.29) is 6.09 Å².